The maximum Gasteiger partial charge on any atom is 0.267 e. The van der Waals surface area contributed by atoms with Gasteiger partial charge in [0.15, 0.2) is 15.7 Å². The van der Waals surface area contributed by atoms with Crippen LogP contribution < -0.4 is 9.46 Å². The molecule has 1 aliphatic rings. The summed E-state index contributed by atoms with van der Waals surface area (Å²) < 4.78 is 76.0. The standard InChI is InChI=1S/C31H46N6O9S2/c1-20-15-37(21(2)18-38)31(39)26-14-25(34-47(40,41)30-23(4)33-46-24(30)5)11-12-27(26)45-22(3)10-8-9-13-44-28(20)16-36(7)48(42,43)29-17-35(6)19-32-29/h11-12,14,17,19-22,28,34,38H,8-10,13,15-16,18H2,1-7H3/t20-,21-,22-,28+/m1/s1. The van der Waals surface area contributed by atoms with Crippen LogP contribution in [0.3, 0.4) is 0 Å². The topological polar surface area (TPSA) is 186 Å². The van der Waals surface area contributed by atoms with E-state index >= 15 is 0 Å². The van der Waals surface area contributed by atoms with E-state index in [1.807, 2.05) is 13.8 Å². The summed E-state index contributed by atoms with van der Waals surface area (Å²) >= 11 is 0. The van der Waals surface area contributed by atoms with Gasteiger partial charge in [-0.05, 0) is 65.2 Å². The Morgan fingerprint density at radius 3 is 2.52 bits per heavy atom. The molecule has 0 bridgehead atoms. The van der Waals surface area contributed by atoms with Crippen LogP contribution in [0, 0.1) is 19.8 Å². The molecule has 0 spiro atoms. The van der Waals surface area contributed by atoms with E-state index in [9.17, 15) is 26.7 Å². The molecule has 2 N–H and O–H groups in total. The number of aromatic nitrogens is 3. The third-order valence-electron chi connectivity index (χ3n) is 8.33. The SMILES string of the molecule is Cc1noc(C)c1S(=O)(=O)Nc1ccc2c(c1)C(=O)N([C@H](C)CO)C[C@@H](C)[C@H](CN(C)S(=O)(=O)c1cn(C)cn1)OCCCC[C@@H](C)O2. The average molecular weight is 711 g/mol. The van der Waals surface area contributed by atoms with Crippen LogP contribution in [0.1, 0.15) is 61.8 Å². The van der Waals surface area contributed by atoms with Gasteiger partial charge >= 0.3 is 0 Å². The molecule has 48 heavy (non-hydrogen) atoms. The number of ether oxygens (including phenoxy) is 2. The molecule has 1 aromatic carbocycles. The number of carbonyl (C=O) groups is 1. The highest BCUT2D eigenvalue weighted by atomic mass is 32.2. The van der Waals surface area contributed by atoms with Crippen LogP contribution in [-0.4, -0.2) is 103 Å². The van der Waals surface area contributed by atoms with Gasteiger partial charge in [0, 0.05) is 51.6 Å². The van der Waals surface area contributed by atoms with E-state index in [2.05, 4.69) is 14.9 Å². The van der Waals surface area contributed by atoms with Gasteiger partial charge in [0.05, 0.1) is 36.7 Å². The lowest BCUT2D eigenvalue weighted by Crippen LogP contribution is -2.48. The molecule has 0 radical (unpaired) electrons. The van der Waals surface area contributed by atoms with Gasteiger partial charge in [0.25, 0.3) is 26.0 Å². The van der Waals surface area contributed by atoms with Crippen LogP contribution in [0.4, 0.5) is 5.69 Å². The van der Waals surface area contributed by atoms with Crippen LogP contribution in [0.25, 0.3) is 0 Å². The highest BCUT2D eigenvalue weighted by molar-refractivity contribution is 7.92. The van der Waals surface area contributed by atoms with Crippen molar-refractivity contribution in [3.8, 4) is 5.75 Å². The number of anilines is 1. The molecule has 0 unspecified atom stereocenters. The molecule has 2 aromatic heterocycles. The van der Waals surface area contributed by atoms with Gasteiger partial charge in [-0.15, -0.1) is 0 Å². The summed E-state index contributed by atoms with van der Waals surface area (Å²) in [6.07, 6.45) is 4.02. The summed E-state index contributed by atoms with van der Waals surface area (Å²) in [6, 6.07) is 3.82. The molecule has 17 heteroatoms. The number of carbonyl (C=O) groups excluding carboxylic acids is 1. The number of nitrogens with zero attached hydrogens (tertiary/aromatic N) is 5. The Hall–Kier alpha value is -3.51. The quantitative estimate of drug-likeness (QED) is 0.333. The van der Waals surface area contributed by atoms with E-state index in [-0.39, 0.29) is 64.2 Å². The Kier molecular flexibility index (Phi) is 11.9. The number of aryl methyl sites for hydroxylation is 3. The van der Waals surface area contributed by atoms with E-state index in [4.69, 9.17) is 14.0 Å². The predicted octanol–water partition coefficient (Wildman–Crippen LogP) is 2.94. The van der Waals surface area contributed by atoms with Gasteiger partial charge in [0.2, 0.25) is 0 Å². The Morgan fingerprint density at radius 2 is 1.90 bits per heavy atom. The van der Waals surface area contributed by atoms with Gasteiger partial charge in [-0.25, -0.2) is 21.8 Å². The van der Waals surface area contributed by atoms with Crippen molar-refractivity contribution in [1.29, 1.82) is 0 Å². The minimum atomic E-state index is -4.12. The summed E-state index contributed by atoms with van der Waals surface area (Å²) in [6.45, 7) is 8.54. The molecule has 0 aliphatic carbocycles. The Morgan fingerprint density at radius 1 is 1.17 bits per heavy atom. The Labute approximate surface area is 282 Å². The summed E-state index contributed by atoms with van der Waals surface area (Å²) in [5.74, 6) is -0.508. The molecule has 1 amide bonds. The van der Waals surface area contributed by atoms with E-state index in [1.165, 1.54) is 54.8 Å². The van der Waals surface area contributed by atoms with Crippen LogP contribution in [0.15, 0.2) is 45.2 Å². The first-order valence-corrected chi connectivity index (χ1v) is 18.7. The first kappa shape index (κ1) is 37.3. The van der Waals surface area contributed by atoms with Crippen molar-refractivity contribution < 1.29 is 40.7 Å². The lowest BCUT2D eigenvalue weighted by atomic mass is 10.0. The summed E-state index contributed by atoms with van der Waals surface area (Å²) in [4.78, 5) is 19.8. The average Bonchev–Trinajstić information content (AvgIpc) is 3.63. The van der Waals surface area contributed by atoms with Crippen LogP contribution >= 0.6 is 0 Å². The fraction of sp³-hybridized carbons (Fsp3) is 0.581. The van der Waals surface area contributed by atoms with Crippen molar-refractivity contribution in [2.75, 3.05) is 38.1 Å². The van der Waals surface area contributed by atoms with Gasteiger partial charge in [-0.2, -0.15) is 4.31 Å². The van der Waals surface area contributed by atoms with Crippen LogP contribution in [0.5, 0.6) is 5.75 Å². The molecule has 15 nitrogen and oxygen atoms in total. The minimum Gasteiger partial charge on any atom is -0.490 e. The number of rotatable bonds is 9. The second kappa shape index (κ2) is 15.4. The molecule has 4 rings (SSSR count). The molecule has 3 heterocycles. The number of likely N-dealkylation sites (N-methyl/N-ethyl adjacent to an activating group) is 1. The van der Waals surface area contributed by atoms with Crippen LogP contribution in [-0.2, 0) is 31.8 Å². The third kappa shape index (κ3) is 8.55. The molecular formula is C31H46N6O9S2. The maximum absolute atomic E-state index is 14.4. The Balaban J connectivity index is 1.69. The van der Waals surface area contributed by atoms with Crippen molar-refractivity contribution in [3.63, 3.8) is 0 Å². The van der Waals surface area contributed by atoms with E-state index in [0.717, 1.165) is 6.42 Å². The maximum atomic E-state index is 14.4. The smallest absolute Gasteiger partial charge is 0.267 e. The molecule has 1 aliphatic heterocycles. The van der Waals surface area contributed by atoms with Crippen molar-refractivity contribution in [2.45, 2.75) is 82.1 Å². The van der Waals surface area contributed by atoms with Crippen molar-refractivity contribution in [3.05, 3.63) is 47.7 Å². The summed E-state index contributed by atoms with van der Waals surface area (Å²) in [5.41, 5.74) is 0.406. The van der Waals surface area contributed by atoms with E-state index in [1.54, 1.807) is 24.6 Å². The molecular weight excluding hydrogens is 665 g/mol. The Bertz CT molecular complexity index is 1770. The van der Waals surface area contributed by atoms with E-state index in [0.29, 0.717) is 19.4 Å². The molecule has 0 saturated heterocycles. The van der Waals surface area contributed by atoms with Gasteiger partial charge < -0.3 is 28.6 Å². The molecule has 4 atom stereocenters. The fourth-order valence-corrected chi connectivity index (χ4v) is 8.07. The van der Waals surface area contributed by atoms with E-state index < -0.39 is 44.0 Å². The largest absolute Gasteiger partial charge is 0.490 e. The number of hydrogen-bond donors (Lipinski definition) is 2. The number of aliphatic hydroxyl groups is 1. The number of sulfonamides is 2. The molecule has 266 valence electrons. The lowest BCUT2D eigenvalue weighted by Gasteiger charge is -2.35. The monoisotopic (exact) mass is 710 g/mol. The van der Waals surface area contributed by atoms with Gasteiger partial charge in [0.1, 0.15) is 11.4 Å². The number of fused-ring (bicyclic) bond motifs is 1. The van der Waals surface area contributed by atoms with Crippen LogP contribution in [0.2, 0.25) is 0 Å². The number of imidazole rings is 1. The number of benzene rings is 1. The summed E-state index contributed by atoms with van der Waals surface area (Å²) in [5, 5.41) is 13.9. The molecule has 3 aromatic rings. The first-order chi connectivity index (χ1) is 22.5. The number of aliphatic hydroxyl groups excluding tert-OH is 1. The molecule has 0 saturated carbocycles. The zero-order chi connectivity index (χ0) is 35.4. The minimum absolute atomic E-state index is 0.000653. The normalized spacial score (nSPS) is 21.0. The predicted molar refractivity (Wildman–Crippen MR) is 177 cm³/mol. The number of amides is 1. The van der Waals surface area contributed by atoms with Gasteiger partial charge in [-0.3, -0.25) is 9.52 Å². The second-order valence-corrected chi connectivity index (χ2v) is 16.0. The number of hydrogen-bond acceptors (Lipinski definition) is 11. The van der Waals surface area contributed by atoms with Crippen molar-refractivity contribution >= 4 is 31.6 Å². The highest BCUT2D eigenvalue weighted by Gasteiger charge is 2.33. The lowest BCUT2D eigenvalue weighted by molar-refractivity contribution is -0.00835. The zero-order valence-corrected chi connectivity index (χ0v) is 30.0. The molecule has 0 fully saturated rings. The highest BCUT2D eigenvalue weighted by Crippen LogP contribution is 2.30. The third-order valence-corrected chi connectivity index (χ3v) is 11.7. The summed E-state index contributed by atoms with van der Waals surface area (Å²) in [7, 11) is -4.89. The van der Waals surface area contributed by atoms with Crippen molar-refractivity contribution in [2.24, 2.45) is 13.0 Å². The second-order valence-electron chi connectivity index (χ2n) is 12.4. The fourth-order valence-electron chi connectivity index (χ4n) is 5.55. The number of nitrogens with one attached hydrogen (secondary N) is 1. The van der Waals surface area contributed by atoms with Crippen molar-refractivity contribution in [1.82, 2.24) is 23.9 Å². The zero-order valence-electron chi connectivity index (χ0n) is 28.4. The van der Waals surface area contributed by atoms with Gasteiger partial charge in [-0.1, -0.05) is 12.1 Å². The first-order valence-electron chi connectivity index (χ1n) is 15.8.